The Kier molecular flexibility index (Phi) is 6.10. The summed E-state index contributed by atoms with van der Waals surface area (Å²) in [5, 5.41) is 1.18. The van der Waals surface area contributed by atoms with Crippen LogP contribution in [-0.4, -0.2) is 67.2 Å². The Morgan fingerprint density at radius 2 is 1.67 bits per heavy atom. The van der Waals surface area contributed by atoms with E-state index < -0.39 is 0 Å². The SMILES string of the molecule is COc1ccc(N2CCN(C(=O)C3CCN(c4ncnc5sc(C)c(C)c45)CC3)CC2)cc1. The molecule has 5 rings (SSSR count). The number of ether oxygens (including phenoxy) is 1. The van der Waals surface area contributed by atoms with Gasteiger partial charge in [0.05, 0.1) is 12.5 Å². The smallest absolute Gasteiger partial charge is 0.225 e. The zero-order valence-electron chi connectivity index (χ0n) is 19.6. The monoisotopic (exact) mass is 465 g/mol. The molecule has 0 unspecified atom stereocenters. The van der Waals surface area contributed by atoms with Gasteiger partial charge in [0, 0.05) is 55.8 Å². The van der Waals surface area contributed by atoms with Crippen LogP contribution in [0.3, 0.4) is 0 Å². The highest BCUT2D eigenvalue weighted by Gasteiger charge is 2.31. The van der Waals surface area contributed by atoms with Gasteiger partial charge in [-0.1, -0.05) is 0 Å². The molecule has 0 radical (unpaired) electrons. The van der Waals surface area contributed by atoms with Crippen LogP contribution in [-0.2, 0) is 4.79 Å². The van der Waals surface area contributed by atoms with Crippen LogP contribution in [0.5, 0.6) is 5.75 Å². The van der Waals surface area contributed by atoms with Gasteiger partial charge in [0.15, 0.2) is 0 Å². The minimum Gasteiger partial charge on any atom is -0.497 e. The molecule has 7 nitrogen and oxygen atoms in total. The maximum atomic E-state index is 13.2. The summed E-state index contributed by atoms with van der Waals surface area (Å²) in [6.45, 7) is 9.33. The summed E-state index contributed by atoms with van der Waals surface area (Å²) in [7, 11) is 1.68. The minimum atomic E-state index is 0.108. The van der Waals surface area contributed by atoms with Crippen molar-refractivity contribution in [2.75, 3.05) is 56.2 Å². The normalized spacial score (nSPS) is 17.6. The van der Waals surface area contributed by atoms with Crippen LogP contribution in [0.4, 0.5) is 11.5 Å². The molecule has 2 fully saturated rings. The highest BCUT2D eigenvalue weighted by atomic mass is 32.1. The van der Waals surface area contributed by atoms with Gasteiger partial charge in [-0.3, -0.25) is 4.79 Å². The largest absolute Gasteiger partial charge is 0.497 e. The summed E-state index contributed by atoms with van der Waals surface area (Å²) in [5.74, 6) is 2.32. The first kappa shape index (κ1) is 21.9. The highest BCUT2D eigenvalue weighted by molar-refractivity contribution is 7.18. The number of hydrogen-bond donors (Lipinski definition) is 0. The van der Waals surface area contributed by atoms with Gasteiger partial charge in [-0.05, 0) is 56.5 Å². The number of rotatable bonds is 4. The zero-order valence-corrected chi connectivity index (χ0v) is 20.4. The molecule has 0 spiro atoms. The first-order valence-corrected chi connectivity index (χ1v) is 12.5. The summed E-state index contributed by atoms with van der Waals surface area (Å²) >= 11 is 1.73. The van der Waals surface area contributed by atoms with Gasteiger partial charge < -0.3 is 19.4 Å². The lowest BCUT2D eigenvalue weighted by molar-refractivity contribution is -0.136. The van der Waals surface area contributed by atoms with Crippen LogP contribution in [0.2, 0.25) is 0 Å². The Labute approximate surface area is 199 Å². The molecular formula is C25H31N5O2S. The molecule has 0 N–H and O–H groups in total. The van der Waals surface area contributed by atoms with Crippen molar-refractivity contribution < 1.29 is 9.53 Å². The number of methoxy groups -OCH3 is 1. The van der Waals surface area contributed by atoms with Gasteiger partial charge in [0.25, 0.3) is 0 Å². The molecule has 0 saturated carbocycles. The summed E-state index contributed by atoms with van der Waals surface area (Å²) < 4.78 is 5.25. The number of nitrogens with zero attached hydrogens (tertiary/aromatic N) is 5. The average Bonchev–Trinajstić information content (AvgIpc) is 3.17. The lowest BCUT2D eigenvalue weighted by atomic mass is 9.94. The van der Waals surface area contributed by atoms with Crippen molar-refractivity contribution in [1.29, 1.82) is 0 Å². The number of amides is 1. The predicted octanol–water partition coefficient (Wildman–Crippen LogP) is 3.88. The number of piperidine rings is 1. The van der Waals surface area contributed by atoms with E-state index in [0.717, 1.165) is 68.5 Å². The van der Waals surface area contributed by atoms with Crippen molar-refractivity contribution >= 4 is 39.0 Å². The Bertz CT molecular complexity index is 1130. The number of piperazine rings is 1. The fourth-order valence-electron chi connectivity index (χ4n) is 4.98. The summed E-state index contributed by atoms with van der Waals surface area (Å²) in [6, 6.07) is 8.16. The Morgan fingerprint density at radius 3 is 2.33 bits per heavy atom. The molecule has 1 aromatic carbocycles. The molecule has 33 heavy (non-hydrogen) atoms. The molecule has 2 aromatic heterocycles. The van der Waals surface area contributed by atoms with Crippen molar-refractivity contribution in [3.63, 3.8) is 0 Å². The fourth-order valence-corrected chi connectivity index (χ4v) is 5.97. The van der Waals surface area contributed by atoms with Gasteiger partial charge in [-0.25, -0.2) is 9.97 Å². The number of fused-ring (bicyclic) bond motifs is 1. The van der Waals surface area contributed by atoms with Crippen molar-refractivity contribution in [1.82, 2.24) is 14.9 Å². The molecule has 0 atom stereocenters. The van der Waals surface area contributed by atoms with Crippen molar-refractivity contribution in [2.24, 2.45) is 5.92 Å². The van der Waals surface area contributed by atoms with Crippen LogP contribution >= 0.6 is 11.3 Å². The number of carbonyl (C=O) groups excluding carboxylic acids is 1. The van der Waals surface area contributed by atoms with Crippen LogP contribution in [0.25, 0.3) is 10.2 Å². The maximum absolute atomic E-state index is 13.2. The van der Waals surface area contributed by atoms with Gasteiger partial charge in [0.1, 0.15) is 22.7 Å². The molecular weight excluding hydrogens is 434 g/mol. The lowest BCUT2D eigenvalue weighted by Crippen LogP contribution is -2.51. The molecule has 4 heterocycles. The van der Waals surface area contributed by atoms with E-state index in [1.54, 1.807) is 24.8 Å². The van der Waals surface area contributed by atoms with E-state index in [9.17, 15) is 4.79 Å². The van der Waals surface area contributed by atoms with Crippen molar-refractivity contribution in [3.05, 3.63) is 41.0 Å². The summed E-state index contributed by atoms with van der Waals surface area (Å²) in [5.41, 5.74) is 2.46. The second-order valence-corrected chi connectivity index (χ2v) is 10.1. The van der Waals surface area contributed by atoms with E-state index in [1.807, 2.05) is 12.1 Å². The first-order chi connectivity index (χ1) is 16.0. The van der Waals surface area contributed by atoms with Crippen LogP contribution in [0.1, 0.15) is 23.3 Å². The van der Waals surface area contributed by atoms with Crippen molar-refractivity contribution in [2.45, 2.75) is 26.7 Å². The number of thiophene rings is 1. The molecule has 2 saturated heterocycles. The third kappa shape index (κ3) is 4.24. The van der Waals surface area contributed by atoms with Crippen LogP contribution < -0.4 is 14.5 Å². The quantitative estimate of drug-likeness (QED) is 0.583. The lowest BCUT2D eigenvalue weighted by Gasteiger charge is -2.39. The van der Waals surface area contributed by atoms with E-state index in [4.69, 9.17) is 4.74 Å². The Morgan fingerprint density at radius 1 is 0.970 bits per heavy atom. The van der Waals surface area contributed by atoms with Gasteiger partial charge in [-0.2, -0.15) is 0 Å². The summed E-state index contributed by atoms with van der Waals surface area (Å²) in [4.78, 5) is 31.4. The van der Waals surface area contributed by atoms with Crippen LogP contribution in [0.15, 0.2) is 30.6 Å². The van der Waals surface area contributed by atoms with Gasteiger partial charge in [-0.15, -0.1) is 11.3 Å². The van der Waals surface area contributed by atoms with E-state index in [1.165, 1.54) is 21.5 Å². The number of hydrogen-bond acceptors (Lipinski definition) is 7. The van der Waals surface area contributed by atoms with E-state index >= 15 is 0 Å². The molecule has 0 aliphatic carbocycles. The number of carbonyl (C=O) groups is 1. The van der Waals surface area contributed by atoms with Crippen molar-refractivity contribution in [3.8, 4) is 5.75 Å². The second kappa shape index (κ2) is 9.17. The Balaban J connectivity index is 1.18. The maximum Gasteiger partial charge on any atom is 0.225 e. The zero-order chi connectivity index (χ0) is 22.9. The second-order valence-electron chi connectivity index (χ2n) is 8.93. The van der Waals surface area contributed by atoms with E-state index in [2.05, 4.69) is 50.6 Å². The first-order valence-electron chi connectivity index (χ1n) is 11.7. The van der Waals surface area contributed by atoms with Crippen LogP contribution in [0, 0.1) is 19.8 Å². The molecule has 1 amide bonds. The number of benzene rings is 1. The molecule has 0 bridgehead atoms. The molecule has 2 aliphatic heterocycles. The van der Waals surface area contributed by atoms with Gasteiger partial charge >= 0.3 is 0 Å². The molecule has 3 aromatic rings. The molecule has 8 heteroatoms. The number of aromatic nitrogens is 2. The minimum absolute atomic E-state index is 0.108. The highest BCUT2D eigenvalue weighted by Crippen LogP contribution is 2.36. The topological polar surface area (TPSA) is 61.8 Å². The molecule has 174 valence electrons. The third-order valence-electron chi connectivity index (χ3n) is 7.12. The standard InChI is InChI=1S/C25H31N5O2S/c1-17-18(2)33-24-22(17)23(26-16-27-24)29-10-8-19(9-11-29)25(31)30-14-12-28(13-15-30)20-4-6-21(32-3)7-5-20/h4-7,16,19H,8-15H2,1-3H3. The number of aryl methyl sites for hydroxylation is 2. The fraction of sp³-hybridized carbons (Fsp3) is 0.480. The third-order valence-corrected chi connectivity index (χ3v) is 8.23. The summed E-state index contributed by atoms with van der Waals surface area (Å²) in [6.07, 6.45) is 3.43. The number of anilines is 2. The van der Waals surface area contributed by atoms with E-state index in [0.29, 0.717) is 5.91 Å². The predicted molar refractivity (Wildman–Crippen MR) is 134 cm³/mol. The van der Waals surface area contributed by atoms with Gasteiger partial charge in [0.2, 0.25) is 5.91 Å². The average molecular weight is 466 g/mol. The van der Waals surface area contributed by atoms with E-state index in [-0.39, 0.29) is 5.92 Å². The molecule has 2 aliphatic rings. The Hall–Kier alpha value is -2.87.